The molecule has 0 radical (unpaired) electrons. The Morgan fingerprint density at radius 1 is 0.944 bits per heavy atom. The maximum atomic E-state index is 12.8. The van der Waals surface area contributed by atoms with Gasteiger partial charge in [-0.3, -0.25) is 4.79 Å². The molecule has 8 nitrogen and oxygen atoms in total. The standard InChI is InChI=1S/C27H29ClN2O6/c1-4-34-25(32)27(30-18(3)31,26(33)35-5-2)15-14-19-6-10-21(11-7-19)23-17-36-24(29-23)16-20-8-12-22(28)13-9-20/h6-13,17H,4-5,14-16H2,1-3H3,(H,30,31). The van der Waals surface area contributed by atoms with Crippen LogP contribution in [0.1, 0.15) is 44.2 Å². The van der Waals surface area contributed by atoms with Crippen LogP contribution in [0.15, 0.2) is 59.2 Å². The number of nitrogens with one attached hydrogen (secondary N) is 1. The lowest BCUT2D eigenvalue weighted by Crippen LogP contribution is -2.61. The van der Waals surface area contributed by atoms with E-state index in [0.717, 1.165) is 16.7 Å². The third-order valence-corrected chi connectivity index (χ3v) is 5.75. The van der Waals surface area contributed by atoms with Gasteiger partial charge in [-0.15, -0.1) is 0 Å². The molecular weight excluding hydrogens is 484 g/mol. The third kappa shape index (κ3) is 6.73. The van der Waals surface area contributed by atoms with Crippen LogP contribution in [0.3, 0.4) is 0 Å². The summed E-state index contributed by atoms with van der Waals surface area (Å²) in [7, 11) is 0. The molecule has 0 spiro atoms. The molecule has 0 aliphatic heterocycles. The maximum absolute atomic E-state index is 12.8. The summed E-state index contributed by atoms with van der Waals surface area (Å²) in [4.78, 5) is 42.0. The predicted octanol–water partition coefficient (Wildman–Crippen LogP) is 4.52. The Morgan fingerprint density at radius 2 is 1.53 bits per heavy atom. The van der Waals surface area contributed by atoms with Gasteiger partial charge in [-0.1, -0.05) is 48.0 Å². The fraction of sp³-hybridized carbons (Fsp3) is 0.333. The highest BCUT2D eigenvalue weighted by Gasteiger charge is 2.49. The first-order chi connectivity index (χ1) is 17.3. The predicted molar refractivity (Wildman–Crippen MR) is 134 cm³/mol. The van der Waals surface area contributed by atoms with Crippen molar-refractivity contribution >= 4 is 29.4 Å². The number of hydrogen-bond donors (Lipinski definition) is 1. The number of esters is 2. The lowest BCUT2D eigenvalue weighted by atomic mass is 9.90. The fourth-order valence-electron chi connectivity index (χ4n) is 3.74. The van der Waals surface area contributed by atoms with Gasteiger partial charge in [-0.25, -0.2) is 14.6 Å². The average Bonchev–Trinajstić information content (AvgIpc) is 3.32. The van der Waals surface area contributed by atoms with Crippen molar-refractivity contribution in [3.8, 4) is 11.3 Å². The number of nitrogens with zero attached hydrogens (tertiary/aromatic N) is 1. The highest BCUT2D eigenvalue weighted by atomic mass is 35.5. The van der Waals surface area contributed by atoms with Gasteiger partial charge >= 0.3 is 11.9 Å². The molecule has 3 aromatic rings. The monoisotopic (exact) mass is 512 g/mol. The van der Waals surface area contributed by atoms with E-state index in [4.69, 9.17) is 25.5 Å². The largest absolute Gasteiger partial charge is 0.464 e. The van der Waals surface area contributed by atoms with Crippen molar-refractivity contribution in [3.63, 3.8) is 0 Å². The normalized spacial score (nSPS) is 11.1. The van der Waals surface area contributed by atoms with Gasteiger partial charge in [0, 0.05) is 23.9 Å². The van der Waals surface area contributed by atoms with E-state index in [0.29, 0.717) is 29.4 Å². The van der Waals surface area contributed by atoms with Gasteiger partial charge in [0.15, 0.2) is 5.89 Å². The molecule has 0 atom stereocenters. The first-order valence-electron chi connectivity index (χ1n) is 11.7. The molecule has 0 unspecified atom stereocenters. The summed E-state index contributed by atoms with van der Waals surface area (Å²) in [5, 5.41) is 3.15. The summed E-state index contributed by atoms with van der Waals surface area (Å²) in [5.74, 6) is -1.63. The highest BCUT2D eigenvalue weighted by Crippen LogP contribution is 2.24. The Bertz CT molecular complexity index is 1170. The van der Waals surface area contributed by atoms with Gasteiger partial charge < -0.3 is 19.2 Å². The molecule has 0 saturated heterocycles. The first-order valence-corrected chi connectivity index (χ1v) is 12.1. The number of rotatable bonds is 11. The van der Waals surface area contributed by atoms with E-state index in [1.807, 2.05) is 48.5 Å². The Kier molecular flexibility index (Phi) is 9.25. The zero-order chi connectivity index (χ0) is 26.1. The van der Waals surface area contributed by atoms with Gasteiger partial charge in [0.1, 0.15) is 12.0 Å². The van der Waals surface area contributed by atoms with Crippen molar-refractivity contribution in [1.82, 2.24) is 10.3 Å². The van der Waals surface area contributed by atoms with E-state index in [1.165, 1.54) is 6.92 Å². The van der Waals surface area contributed by atoms with Crippen LogP contribution in [0.5, 0.6) is 0 Å². The van der Waals surface area contributed by atoms with Crippen LogP contribution >= 0.6 is 11.6 Å². The third-order valence-electron chi connectivity index (χ3n) is 5.50. The van der Waals surface area contributed by atoms with Crippen molar-refractivity contribution < 1.29 is 28.3 Å². The molecule has 1 heterocycles. The molecule has 0 aliphatic carbocycles. The second-order valence-electron chi connectivity index (χ2n) is 8.15. The van der Waals surface area contributed by atoms with Crippen LogP contribution in [0.2, 0.25) is 5.02 Å². The maximum Gasteiger partial charge on any atom is 0.343 e. The molecule has 3 rings (SSSR count). The van der Waals surface area contributed by atoms with Gasteiger partial charge in [0.05, 0.1) is 13.2 Å². The van der Waals surface area contributed by atoms with Crippen molar-refractivity contribution in [3.05, 3.63) is 76.8 Å². The Hall–Kier alpha value is -3.65. The molecule has 1 aromatic heterocycles. The Labute approximate surface area is 215 Å². The highest BCUT2D eigenvalue weighted by molar-refractivity contribution is 6.30. The minimum Gasteiger partial charge on any atom is -0.464 e. The zero-order valence-corrected chi connectivity index (χ0v) is 21.3. The van der Waals surface area contributed by atoms with E-state index in [2.05, 4.69) is 10.3 Å². The number of amides is 1. The summed E-state index contributed by atoms with van der Waals surface area (Å²) in [6.45, 7) is 4.62. The molecule has 190 valence electrons. The summed E-state index contributed by atoms with van der Waals surface area (Å²) in [5.41, 5.74) is 1.52. The molecule has 36 heavy (non-hydrogen) atoms. The van der Waals surface area contributed by atoms with Gasteiger partial charge in [0.2, 0.25) is 11.4 Å². The minimum atomic E-state index is -1.92. The number of halogens is 1. The minimum absolute atomic E-state index is 0.0151. The van der Waals surface area contributed by atoms with E-state index < -0.39 is 23.4 Å². The molecule has 0 saturated carbocycles. The number of carbonyl (C=O) groups excluding carboxylic acids is 3. The number of oxazole rings is 1. The molecule has 0 bridgehead atoms. The first kappa shape index (κ1) is 26.9. The zero-order valence-electron chi connectivity index (χ0n) is 20.5. The van der Waals surface area contributed by atoms with Crippen molar-refractivity contribution in [1.29, 1.82) is 0 Å². The number of hydrogen-bond acceptors (Lipinski definition) is 7. The second kappa shape index (κ2) is 12.4. The molecule has 1 amide bonds. The topological polar surface area (TPSA) is 108 Å². The van der Waals surface area contributed by atoms with Crippen molar-refractivity contribution in [2.75, 3.05) is 13.2 Å². The molecular formula is C27H29ClN2O6. The number of benzene rings is 2. The number of aryl methyl sites for hydroxylation is 1. The van der Waals surface area contributed by atoms with E-state index in [-0.39, 0.29) is 19.6 Å². The molecule has 2 aromatic carbocycles. The van der Waals surface area contributed by atoms with Crippen molar-refractivity contribution in [2.45, 2.75) is 45.6 Å². The van der Waals surface area contributed by atoms with Crippen LogP contribution in [0, 0.1) is 0 Å². The summed E-state index contributed by atoms with van der Waals surface area (Å²) < 4.78 is 15.8. The lowest BCUT2D eigenvalue weighted by molar-refractivity contribution is -0.168. The van der Waals surface area contributed by atoms with Crippen LogP contribution in [0.4, 0.5) is 0 Å². The van der Waals surface area contributed by atoms with Crippen LogP contribution in [-0.4, -0.2) is 41.6 Å². The van der Waals surface area contributed by atoms with E-state index in [9.17, 15) is 14.4 Å². The van der Waals surface area contributed by atoms with Crippen molar-refractivity contribution in [2.24, 2.45) is 0 Å². The molecule has 9 heteroatoms. The Morgan fingerprint density at radius 3 is 2.08 bits per heavy atom. The van der Waals surface area contributed by atoms with Crippen LogP contribution in [-0.2, 0) is 36.7 Å². The van der Waals surface area contributed by atoms with E-state index >= 15 is 0 Å². The summed E-state index contributed by atoms with van der Waals surface area (Å²) in [6, 6.07) is 15.0. The Balaban J connectivity index is 1.73. The fourth-order valence-corrected chi connectivity index (χ4v) is 3.86. The smallest absolute Gasteiger partial charge is 0.343 e. The van der Waals surface area contributed by atoms with Gasteiger partial charge in [-0.2, -0.15) is 0 Å². The van der Waals surface area contributed by atoms with Gasteiger partial charge in [0.25, 0.3) is 0 Å². The van der Waals surface area contributed by atoms with Crippen LogP contribution in [0.25, 0.3) is 11.3 Å². The number of carbonyl (C=O) groups is 3. The molecule has 1 N–H and O–H groups in total. The van der Waals surface area contributed by atoms with Crippen LogP contribution < -0.4 is 5.32 Å². The number of ether oxygens (including phenoxy) is 2. The quantitative estimate of drug-likeness (QED) is 0.297. The van der Waals surface area contributed by atoms with E-state index in [1.54, 1.807) is 20.1 Å². The lowest BCUT2D eigenvalue weighted by Gasteiger charge is -2.29. The summed E-state index contributed by atoms with van der Waals surface area (Å²) >= 11 is 5.94. The molecule has 0 fully saturated rings. The summed E-state index contributed by atoms with van der Waals surface area (Å²) in [6.07, 6.45) is 2.45. The van der Waals surface area contributed by atoms with Gasteiger partial charge in [-0.05, 0) is 49.9 Å². The average molecular weight is 513 g/mol. The second-order valence-corrected chi connectivity index (χ2v) is 8.59. The molecule has 0 aliphatic rings. The SMILES string of the molecule is CCOC(=O)C(CCc1ccc(-c2coc(Cc3ccc(Cl)cc3)n2)cc1)(NC(C)=O)C(=O)OCC. The number of aromatic nitrogens is 1.